The van der Waals surface area contributed by atoms with Crippen LogP contribution in [0.3, 0.4) is 0 Å². The zero-order valence-corrected chi connectivity index (χ0v) is 13.3. The fourth-order valence-electron chi connectivity index (χ4n) is 2.80. The first-order chi connectivity index (χ1) is 11.0. The van der Waals surface area contributed by atoms with Gasteiger partial charge in [0, 0.05) is 7.05 Å². The largest absolute Gasteiger partial charge is 0.497 e. The van der Waals surface area contributed by atoms with Crippen molar-refractivity contribution in [1.29, 1.82) is 0 Å². The Kier molecular flexibility index (Phi) is 3.78. The van der Waals surface area contributed by atoms with Crippen molar-refractivity contribution in [2.45, 2.75) is 13.0 Å². The minimum Gasteiger partial charge on any atom is -0.497 e. The molecule has 0 radical (unpaired) electrons. The Bertz CT molecular complexity index is 968. The van der Waals surface area contributed by atoms with Crippen LogP contribution >= 0.6 is 0 Å². The van der Waals surface area contributed by atoms with E-state index in [4.69, 9.17) is 4.74 Å². The van der Waals surface area contributed by atoms with E-state index in [0.29, 0.717) is 10.9 Å². The van der Waals surface area contributed by atoms with Crippen LogP contribution in [0.1, 0.15) is 18.5 Å². The number of hydrogen-bond acceptors (Lipinski definition) is 3. The van der Waals surface area contributed by atoms with Crippen LogP contribution in [0.15, 0.2) is 58.1 Å². The third kappa shape index (κ3) is 2.44. The molecule has 0 bridgehead atoms. The number of nitrogens with zero attached hydrogens (tertiary/aromatic N) is 2. The van der Waals surface area contributed by atoms with Gasteiger partial charge in [0.05, 0.1) is 24.1 Å². The van der Waals surface area contributed by atoms with Gasteiger partial charge in [-0.05, 0) is 36.8 Å². The second-order valence-corrected chi connectivity index (χ2v) is 5.48. The summed E-state index contributed by atoms with van der Waals surface area (Å²) in [6.45, 7) is 1.85. The zero-order valence-electron chi connectivity index (χ0n) is 13.3. The van der Waals surface area contributed by atoms with E-state index in [9.17, 15) is 9.59 Å². The minimum atomic E-state index is -0.364. The number of fused-ring (bicyclic) bond motifs is 1. The van der Waals surface area contributed by atoms with Gasteiger partial charge in [-0.2, -0.15) is 0 Å². The standard InChI is InChI=1S/C18H18N2O3/c1-12(13-8-10-14(23-3)11-9-13)20-17(21)15-6-4-5-7-16(15)19(2)18(20)22/h4-12H,1-3H3. The lowest BCUT2D eigenvalue weighted by Crippen LogP contribution is -2.41. The van der Waals surface area contributed by atoms with E-state index in [1.807, 2.05) is 37.3 Å². The van der Waals surface area contributed by atoms with Crippen LogP contribution in [0.4, 0.5) is 0 Å². The molecular formula is C18H18N2O3. The summed E-state index contributed by atoms with van der Waals surface area (Å²) in [6, 6.07) is 14.2. The van der Waals surface area contributed by atoms with Gasteiger partial charge in [-0.25, -0.2) is 4.79 Å². The van der Waals surface area contributed by atoms with Gasteiger partial charge in [-0.15, -0.1) is 0 Å². The van der Waals surface area contributed by atoms with Crippen LogP contribution in [0.2, 0.25) is 0 Å². The molecular weight excluding hydrogens is 292 g/mol. The molecule has 0 amide bonds. The van der Waals surface area contributed by atoms with Gasteiger partial charge in [0.2, 0.25) is 0 Å². The molecule has 0 fully saturated rings. The highest BCUT2D eigenvalue weighted by molar-refractivity contribution is 5.77. The van der Waals surface area contributed by atoms with Gasteiger partial charge in [0.25, 0.3) is 5.56 Å². The smallest absolute Gasteiger partial charge is 0.331 e. The summed E-state index contributed by atoms with van der Waals surface area (Å²) in [5.41, 5.74) is 0.921. The Morgan fingerprint density at radius 2 is 1.65 bits per heavy atom. The maximum atomic E-state index is 12.8. The molecule has 1 aromatic heterocycles. The van der Waals surface area contributed by atoms with Gasteiger partial charge in [-0.3, -0.25) is 13.9 Å². The Labute approximate surface area is 133 Å². The van der Waals surface area contributed by atoms with E-state index < -0.39 is 0 Å². The summed E-state index contributed by atoms with van der Waals surface area (Å²) in [6.07, 6.45) is 0. The SMILES string of the molecule is COc1ccc(C(C)n2c(=O)c3ccccc3n(C)c2=O)cc1. The highest BCUT2D eigenvalue weighted by Crippen LogP contribution is 2.19. The maximum Gasteiger partial charge on any atom is 0.331 e. The van der Waals surface area contributed by atoms with E-state index in [1.54, 1.807) is 32.4 Å². The molecule has 23 heavy (non-hydrogen) atoms. The van der Waals surface area contributed by atoms with Gasteiger partial charge in [0.1, 0.15) is 5.75 Å². The summed E-state index contributed by atoms with van der Waals surface area (Å²) in [7, 11) is 3.28. The van der Waals surface area contributed by atoms with E-state index >= 15 is 0 Å². The number of para-hydroxylation sites is 1. The Morgan fingerprint density at radius 3 is 2.30 bits per heavy atom. The van der Waals surface area contributed by atoms with Gasteiger partial charge in [-0.1, -0.05) is 24.3 Å². The summed E-state index contributed by atoms with van der Waals surface area (Å²) < 4.78 is 7.95. The molecule has 1 unspecified atom stereocenters. The molecule has 1 heterocycles. The van der Waals surface area contributed by atoms with Crippen LogP contribution in [0.25, 0.3) is 10.9 Å². The minimum absolute atomic E-state index is 0.271. The van der Waals surface area contributed by atoms with E-state index in [1.165, 1.54) is 9.13 Å². The molecule has 0 saturated carbocycles. The van der Waals surface area contributed by atoms with Gasteiger partial charge in [0.15, 0.2) is 0 Å². The van der Waals surface area contributed by atoms with E-state index in [-0.39, 0.29) is 17.3 Å². The number of benzene rings is 2. The molecule has 5 heteroatoms. The highest BCUT2D eigenvalue weighted by atomic mass is 16.5. The number of methoxy groups -OCH3 is 1. The summed E-state index contributed by atoms with van der Waals surface area (Å²) >= 11 is 0. The lowest BCUT2D eigenvalue weighted by Gasteiger charge is -2.17. The van der Waals surface area contributed by atoms with Crippen molar-refractivity contribution in [3.8, 4) is 5.75 Å². The average molecular weight is 310 g/mol. The van der Waals surface area contributed by atoms with E-state index in [0.717, 1.165) is 11.3 Å². The lowest BCUT2D eigenvalue weighted by atomic mass is 10.1. The monoisotopic (exact) mass is 310 g/mol. The molecule has 2 aromatic carbocycles. The molecule has 118 valence electrons. The fourth-order valence-corrected chi connectivity index (χ4v) is 2.80. The third-order valence-electron chi connectivity index (χ3n) is 4.19. The van der Waals surface area contributed by atoms with Crippen molar-refractivity contribution in [2.24, 2.45) is 7.05 Å². The summed E-state index contributed by atoms with van der Waals surface area (Å²) in [5, 5.41) is 0.537. The van der Waals surface area contributed by atoms with Crippen LogP contribution in [-0.4, -0.2) is 16.2 Å². The second-order valence-electron chi connectivity index (χ2n) is 5.48. The fraction of sp³-hybridized carbons (Fsp3) is 0.222. The molecule has 0 spiro atoms. The average Bonchev–Trinajstić information content (AvgIpc) is 2.60. The van der Waals surface area contributed by atoms with Crippen molar-refractivity contribution in [2.75, 3.05) is 7.11 Å². The quantitative estimate of drug-likeness (QED) is 0.746. The molecule has 0 saturated heterocycles. The molecule has 0 N–H and O–H groups in total. The first-order valence-corrected chi connectivity index (χ1v) is 7.39. The number of aromatic nitrogens is 2. The molecule has 0 aliphatic heterocycles. The van der Waals surface area contributed by atoms with Crippen molar-refractivity contribution in [3.05, 3.63) is 74.9 Å². The summed E-state index contributed by atoms with van der Waals surface area (Å²) in [5.74, 6) is 0.736. The Morgan fingerprint density at radius 1 is 1.00 bits per heavy atom. The second kappa shape index (κ2) is 5.76. The topological polar surface area (TPSA) is 53.2 Å². The number of ether oxygens (including phenoxy) is 1. The van der Waals surface area contributed by atoms with Crippen molar-refractivity contribution in [1.82, 2.24) is 9.13 Å². The number of hydrogen-bond donors (Lipinski definition) is 0. The van der Waals surface area contributed by atoms with Crippen LogP contribution in [0.5, 0.6) is 5.75 Å². The zero-order chi connectivity index (χ0) is 16.6. The van der Waals surface area contributed by atoms with E-state index in [2.05, 4.69) is 0 Å². The normalized spacial score (nSPS) is 12.3. The molecule has 0 aliphatic rings. The molecule has 1 atom stereocenters. The third-order valence-corrected chi connectivity index (χ3v) is 4.19. The molecule has 3 rings (SSSR count). The van der Waals surface area contributed by atoms with Crippen molar-refractivity contribution < 1.29 is 4.74 Å². The molecule has 5 nitrogen and oxygen atoms in total. The number of aryl methyl sites for hydroxylation is 1. The van der Waals surface area contributed by atoms with Gasteiger partial charge >= 0.3 is 5.69 Å². The predicted octanol–water partition coefficient (Wildman–Crippen LogP) is 2.32. The van der Waals surface area contributed by atoms with Crippen LogP contribution < -0.4 is 16.0 Å². The molecule has 3 aromatic rings. The van der Waals surface area contributed by atoms with Crippen molar-refractivity contribution >= 4 is 10.9 Å². The van der Waals surface area contributed by atoms with Gasteiger partial charge < -0.3 is 4.74 Å². The maximum absolute atomic E-state index is 12.8. The first kappa shape index (κ1) is 15.1. The first-order valence-electron chi connectivity index (χ1n) is 7.39. The lowest BCUT2D eigenvalue weighted by molar-refractivity contribution is 0.414. The summed E-state index contributed by atoms with van der Waals surface area (Å²) in [4.78, 5) is 25.4. The van der Waals surface area contributed by atoms with Crippen LogP contribution in [0, 0.1) is 0 Å². The Hall–Kier alpha value is -2.82. The predicted molar refractivity (Wildman–Crippen MR) is 90.3 cm³/mol. The number of rotatable bonds is 3. The van der Waals surface area contributed by atoms with Crippen molar-refractivity contribution in [3.63, 3.8) is 0 Å². The van der Waals surface area contributed by atoms with Crippen LogP contribution in [-0.2, 0) is 7.05 Å². The Balaban J connectivity index is 2.22. The molecule has 0 aliphatic carbocycles. The highest BCUT2D eigenvalue weighted by Gasteiger charge is 2.17.